The van der Waals surface area contributed by atoms with Crippen molar-refractivity contribution in [2.24, 2.45) is 5.92 Å². The van der Waals surface area contributed by atoms with Gasteiger partial charge in [0.25, 0.3) is 5.91 Å². The van der Waals surface area contributed by atoms with E-state index in [0.717, 1.165) is 50.0 Å². The van der Waals surface area contributed by atoms with Gasteiger partial charge in [0.1, 0.15) is 0 Å². The molecule has 1 aliphatic rings. The highest BCUT2D eigenvalue weighted by Gasteiger charge is 2.38. The summed E-state index contributed by atoms with van der Waals surface area (Å²) >= 11 is 0. The van der Waals surface area contributed by atoms with Gasteiger partial charge in [-0.3, -0.25) is 4.79 Å². The van der Waals surface area contributed by atoms with Crippen molar-refractivity contribution in [1.82, 2.24) is 9.21 Å². The molecule has 0 radical (unpaired) electrons. The fourth-order valence-corrected chi connectivity index (χ4v) is 7.34. The first-order valence-corrected chi connectivity index (χ1v) is 18.4. The number of carboxylic acids is 1. The summed E-state index contributed by atoms with van der Waals surface area (Å²) in [6.45, 7) is 16.0. The summed E-state index contributed by atoms with van der Waals surface area (Å²) in [6.07, 6.45) is -1.40. The second kappa shape index (κ2) is 17.5. The van der Waals surface area contributed by atoms with E-state index in [2.05, 4.69) is 57.0 Å². The van der Waals surface area contributed by atoms with Crippen molar-refractivity contribution in [2.75, 3.05) is 31.5 Å². The van der Waals surface area contributed by atoms with E-state index in [-0.39, 0.29) is 11.3 Å². The first-order chi connectivity index (χ1) is 23.3. The number of halogens is 3. The van der Waals surface area contributed by atoms with Crippen LogP contribution in [0.3, 0.4) is 0 Å². The van der Waals surface area contributed by atoms with Crippen molar-refractivity contribution in [1.29, 1.82) is 0 Å². The molecule has 12 heteroatoms. The van der Waals surface area contributed by atoms with Crippen LogP contribution >= 0.6 is 0 Å². The van der Waals surface area contributed by atoms with Crippen molar-refractivity contribution < 1.29 is 36.3 Å². The number of alkyl halides is 3. The summed E-state index contributed by atoms with van der Waals surface area (Å²) in [5.74, 6) is -2.39. The molecular weight excluding hydrogens is 667 g/mol. The van der Waals surface area contributed by atoms with Gasteiger partial charge in [-0.05, 0) is 105 Å². The number of carbonyl (C=O) groups excluding carboxylic acids is 1. The highest BCUT2D eigenvalue weighted by Crippen LogP contribution is 2.27. The van der Waals surface area contributed by atoms with Crippen LogP contribution in [0.5, 0.6) is 0 Å². The molecule has 1 fully saturated rings. The molecule has 3 aromatic rings. The van der Waals surface area contributed by atoms with E-state index in [0.29, 0.717) is 35.5 Å². The fourth-order valence-electron chi connectivity index (χ4n) is 5.87. The average Bonchev–Trinajstić information content (AvgIpc) is 3.04. The average molecular weight is 718 g/mol. The molecule has 0 spiro atoms. The maximum Gasteiger partial charge on any atom is 0.490 e. The van der Waals surface area contributed by atoms with Crippen molar-refractivity contribution in [3.8, 4) is 0 Å². The lowest BCUT2D eigenvalue weighted by molar-refractivity contribution is -0.192. The predicted octanol–water partition coefficient (Wildman–Crippen LogP) is 7.92. The van der Waals surface area contributed by atoms with Crippen LogP contribution in [-0.4, -0.2) is 73.0 Å². The quantitative estimate of drug-likeness (QED) is 0.209. The number of benzene rings is 3. The molecule has 0 aliphatic carbocycles. The molecule has 1 unspecified atom stereocenters. The van der Waals surface area contributed by atoms with Gasteiger partial charge in [-0.1, -0.05) is 69.7 Å². The number of anilines is 1. The number of sulfonamides is 1. The monoisotopic (exact) mass is 717 g/mol. The standard InChI is InChI=1S/C36H49N3O3S.C2HF3O2/c1-7-21-38(26-29-19-22-39(23-20-29)43(41,42)34-17-11-27(2)12-18-34)28(3)24-30-9-8-10-33(25-30)37-35(40)31-13-15-32(16-14-31)36(4,5)6;3-2(4,5)1(6)7/h8-18,25,28-29H,7,19-24,26H2,1-6H3,(H,37,40);(H,6,7). The van der Waals surface area contributed by atoms with Crippen LogP contribution in [0.4, 0.5) is 18.9 Å². The van der Waals surface area contributed by atoms with Crippen LogP contribution in [0.1, 0.15) is 80.9 Å². The van der Waals surface area contributed by atoms with E-state index >= 15 is 0 Å². The number of hydrogen-bond acceptors (Lipinski definition) is 5. The van der Waals surface area contributed by atoms with Gasteiger partial charge in [-0.25, -0.2) is 13.2 Å². The highest BCUT2D eigenvalue weighted by molar-refractivity contribution is 7.89. The topological polar surface area (TPSA) is 107 Å². The number of nitrogens with one attached hydrogen (secondary N) is 1. The van der Waals surface area contributed by atoms with Crippen LogP contribution in [0.25, 0.3) is 0 Å². The maximum atomic E-state index is 13.2. The lowest BCUT2D eigenvalue weighted by atomic mass is 9.87. The van der Waals surface area contributed by atoms with Gasteiger partial charge in [-0.2, -0.15) is 17.5 Å². The lowest BCUT2D eigenvalue weighted by Gasteiger charge is -2.36. The Labute approximate surface area is 294 Å². The minimum atomic E-state index is -5.08. The molecular formula is C38H50F3N3O5S. The number of aryl methyl sites for hydroxylation is 1. The Hall–Kier alpha value is -3.74. The van der Waals surface area contributed by atoms with E-state index < -0.39 is 22.2 Å². The lowest BCUT2D eigenvalue weighted by Crippen LogP contribution is -2.44. The second-order valence-corrected chi connectivity index (χ2v) is 15.9. The van der Waals surface area contributed by atoms with Gasteiger partial charge in [-0.15, -0.1) is 0 Å². The Kier molecular flexibility index (Phi) is 14.2. The first kappa shape index (κ1) is 40.7. The third-order valence-electron chi connectivity index (χ3n) is 8.83. The molecule has 50 heavy (non-hydrogen) atoms. The molecule has 3 aromatic carbocycles. The van der Waals surface area contributed by atoms with Gasteiger partial charge >= 0.3 is 12.1 Å². The maximum absolute atomic E-state index is 13.2. The van der Waals surface area contributed by atoms with E-state index in [4.69, 9.17) is 9.90 Å². The molecule has 1 amide bonds. The van der Waals surface area contributed by atoms with E-state index in [9.17, 15) is 26.4 Å². The zero-order valence-corrected chi connectivity index (χ0v) is 30.6. The SMILES string of the molecule is CCCN(CC1CCN(S(=O)(=O)c2ccc(C)cc2)CC1)C(C)Cc1cccc(NC(=O)c2ccc(C(C)(C)C)cc2)c1.O=C(O)C(F)(F)F. The van der Waals surface area contributed by atoms with Crippen molar-refractivity contribution >= 4 is 27.6 Å². The van der Waals surface area contributed by atoms with Crippen LogP contribution in [-0.2, 0) is 26.7 Å². The first-order valence-electron chi connectivity index (χ1n) is 16.9. The molecule has 0 saturated carbocycles. The molecule has 0 bridgehead atoms. The molecule has 274 valence electrons. The van der Waals surface area contributed by atoms with E-state index in [1.807, 2.05) is 55.5 Å². The summed E-state index contributed by atoms with van der Waals surface area (Å²) in [6, 6.07) is 23.5. The fraction of sp³-hybridized carbons (Fsp3) is 0.474. The second-order valence-electron chi connectivity index (χ2n) is 14.0. The third kappa shape index (κ3) is 11.9. The summed E-state index contributed by atoms with van der Waals surface area (Å²) in [7, 11) is -3.45. The smallest absolute Gasteiger partial charge is 0.475 e. The predicted molar refractivity (Wildman–Crippen MR) is 191 cm³/mol. The molecule has 1 aliphatic heterocycles. The Morgan fingerprint density at radius 2 is 1.56 bits per heavy atom. The normalized spacial score (nSPS) is 15.2. The Morgan fingerprint density at radius 1 is 0.980 bits per heavy atom. The zero-order chi connectivity index (χ0) is 37.3. The van der Waals surface area contributed by atoms with Gasteiger partial charge in [0.2, 0.25) is 10.0 Å². The number of carboxylic acid groups (broad SMARTS) is 1. The number of amides is 1. The Balaban J connectivity index is 0.000000872. The van der Waals surface area contributed by atoms with Gasteiger partial charge in [0.15, 0.2) is 0 Å². The minimum absolute atomic E-state index is 0.0470. The molecule has 2 N–H and O–H groups in total. The van der Waals surface area contributed by atoms with Crippen LogP contribution in [0, 0.1) is 12.8 Å². The molecule has 1 atom stereocenters. The summed E-state index contributed by atoms with van der Waals surface area (Å²) < 4.78 is 59.7. The number of rotatable bonds is 11. The molecule has 1 saturated heterocycles. The molecule has 0 aromatic heterocycles. The number of carbonyl (C=O) groups is 2. The van der Waals surface area contributed by atoms with Crippen LogP contribution in [0.2, 0.25) is 0 Å². The summed E-state index contributed by atoms with van der Waals surface area (Å²) in [5, 5.41) is 10.2. The van der Waals surface area contributed by atoms with Crippen molar-refractivity contribution in [3.63, 3.8) is 0 Å². The summed E-state index contributed by atoms with van der Waals surface area (Å²) in [4.78, 5) is 24.8. The Morgan fingerprint density at radius 3 is 2.08 bits per heavy atom. The van der Waals surface area contributed by atoms with Crippen LogP contribution in [0.15, 0.2) is 77.7 Å². The number of aliphatic carboxylic acids is 1. The van der Waals surface area contributed by atoms with Crippen LogP contribution < -0.4 is 5.32 Å². The summed E-state index contributed by atoms with van der Waals surface area (Å²) in [5.41, 5.74) is 4.95. The Bertz CT molecular complexity index is 1660. The number of nitrogens with zero attached hydrogens (tertiary/aromatic N) is 2. The third-order valence-corrected chi connectivity index (χ3v) is 10.7. The van der Waals surface area contributed by atoms with E-state index in [1.54, 1.807) is 16.4 Å². The highest BCUT2D eigenvalue weighted by atomic mass is 32.2. The van der Waals surface area contributed by atoms with Gasteiger partial charge in [0.05, 0.1) is 4.90 Å². The number of piperidine rings is 1. The molecule has 8 nitrogen and oxygen atoms in total. The zero-order valence-electron chi connectivity index (χ0n) is 29.8. The largest absolute Gasteiger partial charge is 0.490 e. The minimum Gasteiger partial charge on any atom is -0.475 e. The van der Waals surface area contributed by atoms with Crippen molar-refractivity contribution in [3.05, 3.63) is 95.1 Å². The molecule has 1 heterocycles. The van der Waals surface area contributed by atoms with Gasteiger partial charge in [0, 0.05) is 36.9 Å². The molecule has 4 rings (SSSR count). The van der Waals surface area contributed by atoms with E-state index in [1.165, 1.54) is 11.1 Å². The van der Waals surface area contributed by atoms with Crippen molar-refractivity contribution in [2.45, 2.75) is 89.8 Å². The number of hydrogen-bond donors (Lipinski definition) is 2. The van der Waals surface area contributed by atoms with Gasteiger partial charge < -0.3 is 15.3 Å².